The smallest absolute Gasteiger partial charge is 0.258 e. The summed E-state index contributed by atoms with van der Waals surface area (Å²) in [5, 5.41) is 5.56. The molecular formula is C21H15N3O3S. The fourth-order valence-electron chi connectivity index (χ4n) is 3.36. The Morgan fingerprint density at radius 3 is 2.39 bits per heavy atom. The average Bonchev–Trinajstić information content (AvgIpc) is 2.72. The third-order valence-corrected chi connectivity index (χ3v) is 4.91. The van der Waals surface area contributed by atoms with Crippen LogP contribution in [0, 0.1) is 11.8 Å². The van der Waals surface area contributed by atoms with Gasteiger partial charge in [0.25, 0.3) is 5.91 Å². The molecule has 0 spiro atoms. The minimum absolute atomic E-state index is 0.0702. The van der Waals surface area contributed by atoms with Gasteiger partial charge >= 0.3 is 0 Å². The molecule has 1 heterocycles. The van der Waals surface area contributed by atoms with Gasteiger partial charge < -0.3 is 5.32 Å². The number of aromatic nitrogens is 1. The number of nitrogens with zero attached hydrogens (tertiary/aromatic N) is 1. The number of Topliss-reactive ketones (excluding diaryl/α,β-unsaturated/α-hetero) is 2. The summed E-state index contributed by atoms with van der Waals surface area (Å²) in [7, 11) is 0. The number of carbonyl (C=O) groups is 3. The SMILES string of the molecule is O=C(NC(=S)NC1=C[C@H]2C(=O)c3ccccc3C(=O)[C@H]2C=C1)c1cccnc1. The minimum atomic E-state index is -0.591. The van der Waals surface area contributed by atoms with E-state index in [0.29, 0.717) is 22.4 Å². The summed E-state index contributed by atoms with van der Waals surface area (Å²) in [5.41, 5.74) is 1.83. The van der Waals surface area contributed by atoms with Crippen LogP contribution in [0.25, 0.3) is 0 Å². The average molecular weight is 389 g/mol. The van der Waals surface area contributed by atoms with Crippen molar-refractivity contribution in [3.05, 3.63) is 89.4 Å². The fraction of sp³-hybridized carbons (Fsp3) is 0.0952. The number of nitrogens with one attached hydrogen (secondary N) is 2. The molecular weight excluding hydrogens is 374 g/mol. The van der Waals surface area contributed by atoms with Gasteiger partial charge in [0.2, 0.25) is 0 Å². The Balaban J connectivity index is 1.49. The number of benzene rings is 1. The van der Waals surface area contributed by atoms with Crippen LogP contribution in [-0.4, -0.2) is 27.6 Å². The first-order chi connectivity index (χ1) is 13.5. The molecule has 4 rings (SSSR count). The molecule has 1 amide bonds. The van der Waals surface area contributed by atoms with Crippen molar-refractivity contribution in [2.45, 2.75) is 0 Å². The normalized spacial score (nSPS) is 19.9. The Hall–Kier alpha value is -3.45. The van der Waals surface area contributed by atoms with E-state index in [-0.39, 0.29) is 22.6 Å². The van der Waals surface area contributed by atoms with E-state index in [4.69, 9.17) is 12.2 Å². The summed E-state index contributed by atoms with van der Waals surface area (Å²) in [4.78, 5) is 41.5. The number of carbonyl (C=O) groups excluding carboxylic acids is 3. The van der Waals surface area contributed by atoms with Crippen LogP contribution in [0.1, 0.15) is 31.1 Å². The van der Waals surface area contributed by atoms with Crippen molar-refractivity contribution in [2.24, 2.45) is 11.8 Å². The van der Waals surface area contributed by atoms with E-state index in [0.717, 1.165) is 0 Å². The van der Waals surface area contributed by atoms with Gasteiger partial charge in [-0.15, -0.1) is 0 Å². The summed E-state index contributed by atoms with van der Waals surface area (Å²) >= 11 is 5.18. The van der Waals surface area contributed by atoms with Crippen LogP contribution in [0.15, 0.2) is 72.7 Å². The fourth-order valence-corrected chi connectivity index (χ4v) is 3.57. The highest BCUT2D eigenvalue weighted by Crippen LogP contribution is 2.34. The van der Waals surface area contributed by atoms with Gasteiger partial charge in [0.15, 0.2) is 16.7 Å². The maximum Gasteiger partial charge on any atom is 0.258 e. The van der Waals surface area contributed by atoms with E-state index in [9.17, 15) is 14.4 Å². The molecule has 2 aliphatic carbocycles. The first-order valence-electron chi connectivity index (χ1n) is 8.64. The summed E-state index contributed by atoms with van der Waals surface area (Å²) in [6.07, 6.45) is 8.09. The first-order valence-corrected chi connectivity index (χ1v) is 9.05. The molecule has 28 heavy (non-hydrogen) atoms. The second kappa shape index (κ2) is 7.28. The highest BCUT2D eigenvalue weighted by Gasteiger charge is 2.40. The molecule has 0 fully saturated rings. The van der Waals surface area contributed by atoms with E-state index >= 15 is 0 Å². The van der Waals surface area contributed by atoms with Gasteiger partial charge in [-0.2, -0.15) is 0 Å². The Labute approximate surface area is 166 Å². The van der Waals surface area contributed by atoms with Crippen molar-refractivity contribution in [2.75, 3.05) is 0 Å². The molecule has 0 aliphatic heterocycles. The maximum atomic E-state index is 12.8. The lowest BCUT2D eigenvalue weighted by atomic mass is 9.72. The zero-order chi connectivity index (χ0) is 19.7. The highest BCUT2D eigenvalue weighted by molar-refractivity contribution is 7.80. The zero-order valence-corrected chi connectivity index (χ0v) is 15.4. The Bertz CT molecular complexity index is 1060. The van der Waals surface area contributed by atoms with Gasteiger partial charge in [0.1, 0.15) is 0 Å². The van der Waals surface area contributed by atoms with Crippen LogP contribution in [-0.2, 0) is 0 Å². The summed E-state index contributed by atoms with van der Waals surface area (Å²) in [5.74, 6) is -1.67. The summed E-state index contributed by atoms with van der Waals surface area (Å²) in [6.45, 7) is 0. The van der Waals surface area contributed by atoms with E-state index in [1.807, 2.05) is 0 Å². The van der Waals surface area contributed by atoms with Crippen molar-refractivity contribution in [1.82, 2.24) is 15.6 Å². The van der Waals surface area contributed by atoms with E-state index in [1.165, 1.54) is 6.20 Å². The predicted octanol–water partition coefficient (Wildman–Crippen LogP) is 2.45. The standard InChI is InChI=1S/C21H15N3O3S/c25-18-14-5-1-2-6-15(14)19(26)17-10-13(7-8-16(17)18)23-21(28)24-20(27)12-4-3-9-22-11-12/h1-11,16-17H,(H2,23,24,27,28)/t16-,17+/m0/s1. The molecule has 2 aromatic rings. The van der Waals surface area contributed by atoms with Crippen molar-refractivity contribution in [1.29, 1.82) is 0 Å². The van der Waals surface area contributed by atoms with Crippen molar-refractivity contribution >= 4 is 34.8 Å². The quantitative estimate of drug-likeness (QED) is 0.767. The molecule has 7 heteroatoms. The molecule has 0 saturated carbocycles. The molecule has 0 unspecified atom stereocenters. The number of rotatable bonds is 2. The number of thiocarbonyl (C=S) groups is 1. The van der Waals surface area contributed by atoms with E-state index < -0.39 is 11.8 Å². The van der Waals surface area contributed by atoms with Gasteiger partial charge in [0, 0.05) is 29.2 Å². The second-order valence-corrected chi connectivity index (χ2v) is 6.86. The van der Waals surface area contributed by atoms with Crippen molar-refractivity contribution in [3.8, 4) is 0 Å². The Morgan fingerprint density at radius 2 is 1.71 bits per heavy atom. The van der Waals surface area contributed by atoms with Gasteiger partial charge in [-0.3, -0.25) is 24.7 Å². The number of hydrogen-bond acceptors (Lipinski definition) is 5. The van der Waals surface area contributed by atoms with Crippen LogP contribution in [0.4, 0.5) is 0 Å². The number of ketones is 2. The predicted molar refractivity (Wildman–Crippen MR) is 107 cm³/mol. The Morgan fingerprint density at radius 1 is 1.00 bits per heavy atom. The highest BCUT2D eigenvalue weighted by atomic mass is 32.1. The number of pyridine rings is 1. The molecule has 2 N–H and O–H groups in total. The van der Waals surface area contributed by atoms with Gasteiger partial charge in [-0.1, -0.05) is 30.3 Å². The molecule has 0 radical (unpaired) electrons. The van der Waals surface area contributed by atoms with Crippen molar-refractivity contribution in [3.63, 3.8) is 0 Å². The molecule has 0 saturated heterocycles. The monoisotopic (exact) mass is 389 g/mol. The molecule has 6 nitrogen and oxygen atoms in total. The van der Waals surface area contributed by atoms with Gasteiger partial charge in [-0.25, -0.2) is 0 Å². The Kier molecular flexibility index (Phi) is 4.67. The second-order valence-electron chi connectivity index (χ2n) is 6.46. The summed E-state index contributed by atoms with van der Waals surface area (Å²) < 4.78 is 0. The van der Waals surface area contributed by atoms with Crippen LogP contribution >= 0.6 is 12.2 Å². The van der Waals surface area contributed by atoms with Crippen LogP contribution in [0.2, 0.25) is 0 Å². The van der Waals surface area contributed by atoms with Crippen LogP contribution in [0.5, 0.6) is 0 Å². The number of hydrogen-bond donors (Lipinski definition) is 2. The molecule has 0 bridgehead atoms. The lowest BCUT2D eigenvalue weighted by molar-refractivity contribution is 0.0800. The molecule has 2 aliphatic rings. The molecule has 1 aromatic heterocycles. The van der Waals surface area contributed by atoms with Gasteiger partial charge in [0.05, 0.1) is 17.4 Å². The van der Waals surface area contributed by atoms with Gasteiger partial charge in [-0.05, 0) is 36.5 Å². The number of allylic oxidation sites excluding steroid dienone is 3. The molecule has 2 atom stereocenters. The van der Waals surface area contributed by atoms with Crippen molar-refractivity contribution < 1.29 is 14.4 Å². The zero-order valence-electron chi connectivity index (χ0n) is 14.6. The third-order valence-electron chi connectivity index (χ3n) is 4.70. The van der Waals surface area contributed by atoms with Crippen LogP contribution in [0.3, 0.4) is 0 Å². The molecule has 138 valence electrons. The largest absolute Gasteiger partial charge is 0.333 e. The lowest BCUT2D eigenvalue weighted by Crippen LogP contribution is -2.41. The third kappa shape index (κ3) is 3.27. The first kappa shape index (κ1) is 17.9. The number of fused-ring (bicyclic) bond motifs is 2. The van der Waals surface area contributed by atoms with Crippen LogP contribution < -0.4 is 10.6 Å². The van der Waals surface area contributed by atoms with E-state index in [2.05, 4.69) is 15.6 Å². The number of amides is 1. The van der Waals surface area contributed by atoms with E-state index in [1.54, 1.807) is 60.8 Å². The minimum Gasteiger partial charge on any atom is -0.333 e. The maximum absolute atomic E-state index is 12.8. The topological polar surface area (TPSA) is 88.2 Å². The molecule has 1 aromatic carbocycles. The summed E-state index contributed by atoms with van der Waals surface area (Å²) in [6, 6.07) is 10.1. The lowest BCUT2D eigenvalue weighted by Gasteiger charge is -2.29.